The van der Waals surface area contributed by atoms with Gasteiger partial charge < -0.3 is 9.32 Å². The Balaban J connectivity index is 2.40. The van der Waals surface area contributed by atoms with Crippen molar-refractivity contribution in [3.8, 4) is 0 Å². The van der Waals surface area contributed by atoms with Crippen LogP contribution < -0.4 is 0 Å². The summed E-state index contributed by atoms with van der Waals surface area (Å²) >= 11 is 0. The molecule has 0 aliphatic carbocycles. The highest BCUT2D eigenvalue weighted by molar-refractivity contribution is 5.95. The number of ketones is 1. The van der Waals surface area contributed by atoms with Crippen LogP contribution in [0.4, 0.5) is 0 Å². The maximum Gasteiger partial charge on any atom is 0.167 e. The number of carbonyl (C=O) groups excluding carboxylic acids is 1. The second-order valence-corrected chi connectivity index (χ2v) is 2.99. The van der Waals surface area contributed by atoms with Crippen molar-refractivity contribution in [2.75, 3.05) is 20.6 Å². The van der Waals surface area contributed by atoms with Crippen LogP contribution in [0.5, 0.6) is 0 Å². The van der Waals surface area contributed by atoms with Crippen molar-refractivity contribution in [2.24, 2.45) is 0 Å². The van der Waals surface area contributed by atoms with Crippen LogP contribution in [0.3, 0.4) is 0 Å². The predicted octanol–water partition coefficient (Wildman–Crippen LogP) is 1.41. The van der Waals surface area contributed by atoms with E-state index in [9.17, 15) is 4.79 Å². The van der Waals surface area contributed by atoms with Crippen LogP contribution in [0.25, 0.3) is 0 Å². The molecule has 1 rings (SSSR count). The summed E-state index contributed by atoms with van der Waals surface area (Å²) in [6.45, 7) is 0.782. The average molecular weight is 167 g/mol. The minimum Gasteiger partial charge on any atom is -0.472 e. The van der Waals surface area contributed by atoms with E-state index in [-0.39, 0.29) is 5.78 Å². The quantitative estimate of drug-likeness (QED) is 0.636. The maximum atomic E-state index is 11.3. The molecule has 0 saturated carbocycles. The molecule has 0 amide bonds. The van der Waals surface area contributed by atoms with Crippen molar-refractivity contribution < 1.29 is 9.21 Å². The second kappa shape index (κ2) is 4.07. The molecule has 0 unspecified atom stereocenters. The number of Topliss-reactive ketones (excluding diaryl/α,β-unsaturated/α-hetero) is 1. The van der Waals surface area contributed by atoms with Gasteiger partial charge in [0.1, 0.15) is 6.26 Å². The number of rotatable bonds is 4. The van der Waals surface area contributed by atoms with Crippen molar-refractivity contribution in [1.82, 2.24) is 4.90 Å². The van der Waals surface area contributed by atoms with E-state index >= 15 is 0 Å². The molecule has 0 aliphatic rings. The Bertz CT molecular complexity index is 239. The van der Waals surface area contributed by atoms with Crippen LogP contribution in [0.15, 0.2) is 23.0 Å². The summed E-state index contributed by atoms with van der Waals surface area (Å²) in [6, 6.07) is 1.69. The Labute approximate surface area is 72.0 Å². The summed E-state index contributed by atoms with van der Waals surface area (Å²) in [5.74, 6) is 0.137. The Morgan fingerprint density at radius 3 is 2.83 bits per heavy atom. The van der Waals surface area contributed by atoms with Crippen molar-refractivity contribution in [2.45, 2.75) is 6.42 Å². The molecule has 66 valence electrons. The third-order valence-corrected chi connectivity index (χ3v) is 1.63. The third kappa shape index (κ3) is 2.51. The molecular weight excluding hydrogens is 154 g/mol. The molecule has 1 heterocycles. The zero-order valence-electron chi connectivity index (χ0n) is 7.41. The topological polar surface area (TPSA) is 33.5 Å². The van der Waals surface area contributed by atoms with Crippen molar-refractivity contribution in [3.63, 3.8) is 0 Å². The molecule has 0 aliphatic heterocycles. The van der Waals surface area contributed by atoms with Gasteiger partial charge >= 0.3 is 0 Å². The van der Waals surface area contributed by atoms with Crippen molar-refractivity contribution in [3.05, 3.63) is 24.2 Å². The van der Waals surface area contributed by atoms with Crippen LogP contribution in [0.2, 0.25) is 0 Å². The molecular formula is C9H13NO2. The minimum atomic E-state index is 0.137. The number of nitrogens with zero attached hydrogens (tertiary/aromatic N) is 1. The zero-order valence-corrected chi connectivity index (χ0v) is 7.41. The van der Waals surface area contributed by atoms with Gasteiger partial charge in [-0.2, -0.15) is 0 Å². The van der Waals surface area contributed by atoms with E-state index < -0.39 is 0 Å². The van der Waals surface area contributed by atoms with E-state index in [0.29, 0.717) is 12.0 Å². The normalized spacial score (nSPS) is 10.6. The highest BCUT2D eigenvalue weighted by Crippen LogP contribution is 2.03. The summed E-state index contributed by atoms with van der Waals surface area (Å²) in [5, 5.41) is 0. The molecule has 0 aromatic carbocycles. The van der Waals surface area contributed by atoms with Gasteiger partial charge in [-0.1, -0.05) is 0 Å². The van der Waals surface area contributed by atoms with Gasteiger partial charge in [0.2, 0.25) is 0 Å². The van der Waals surface area contributed by atoms with Gasteiger partial charge in [0.15, 0.2) is 5.78 Å². The fourth-order valence-corrected chi connectivity index (χ4v) is 0.893. The first-order chi connectivity index (χ1) is 5.70. The van der Waals surface area contributed by atoms with Gasteiger partial charge in [-0.3, -0.25) is 4.79 Å². The second-order valence-electron chi connectivity index (χ2n) is 2.99. The van der Waals surface area contributed by atoms with Crippen molar-refractivity contribution in [1.29, 1.82) is 0 Å². The summed E-state index contributed by atoms with van der Waals surface area (Å²) < 4.78 is 4.81. The molecule has 0 radical (unpaired) electrons. The largest absolute Gasteiger partial charge is 0.472 e. The molecule has 0 bridgehead atoms. The molecule has 12 heavy (non-hydrogen) atoms. The summed E-state index contributed by atoms with van der Waals surface area (Å²) in [5.41, 5.74) is 0.664. The number of carbonyl (C=O) groups is 1. The van der Waals surface area contributed by atoms with Gasteiger partial charge in [-0.25, -0.2) is 0 Å². The maximum absolute atomic E-state index is 11.3. The van der Waals surface area contributed by atoms with E-state index in [0.717, 1.165) is 6.54 Å². The van der Waals surface area contributed by atoms with E-state index in [4.69, 9.17) is 4.42 Å². The number of furan rings is 1. The lowest BCUT2D eigenvalue weighted by Crippen LogP contribution is -2.16. The fraction of sp³-hybridized carbons (Fsp3) is 0.444. The molecule has 0 fully saturated rings. The van der Waals surface area contributed by atoms with Gasteiger partial charge in [-0.15, -0.1) is 0 Å². The van der Waals surface area contributed by atoms with E-state index in [1.165, 1.54) is 12.5 Å². The van der Waals surface area contributed by atoms with Crippen LogP contribution in [-0.4, -0.2) is 31.3 Å². The van der Waals surface area contributed by atoms with Crippen LogP contribution in [0, 0.1) is 0 Å². The monoisotopic (exact) mass is 167 g/mol. The lowest BCUT2D eigenvalue weighted by atomic mass is 10.1. The number of hydrogen-bond donors (Lipinski definition) is 0. The van der Waals surface area contributed by atoms with Crippen molar-refractivity contribution >= 4 is 5.78 Å². The predicted molar refractivity (Wildman–Crippen MR) is 46.2 cm³/mol. The number of hydrogen-bond acceptors (Lipinski definition) is 3. The first-order valence-electron chi connectivity index (χ1n) is 3.90. The first-order valence-corrected chi connectivity index (χ1v) is 3.90. The summed E-state index contributed by atoms with van der Waals surface area (Å²) in [7, 11) is 3.89. The fourth-order valence-electron chi connectivity index (χ4n) is 0.893. The Kier molecular flexibility index (Phi) is 3.05. The summed E-state index contributed by atoms with van der Waals surface area (Å²) in [6.07, 6.45) is 3.55. The Hall–Kier alpha value is -1.09. The lowest BCUT2D eigenvalue weighted by molar-refractivity contribution is 0.0972. The molecule has 1 aromatic heterocycles. The van der Waals surface area contributed by atoms with E-state index in [1.54, 1.807) is 6.07 Å². The Morgan fingerprint density at radius 2 is 2.33 bits per heavy atom. The highest BCUT2D eigenvalue weighted by Gasteiger charge is 2.06. The first kappa shape index (κ1) is 9.00. The van der Waals surface area contributed by atoms with Gasteiger partial charge in [0, 0.05) is 13.0 Å². The van der Waals surface area contributed by atoms with Crippen LogP contribution >= 0.6 is 0 Å². The average Bonchev–Trinajstić information content (AvgIpc) is 2.51. The van der Waals surface area contributed by atoms with Gasteiger partial charge in [0.05, 0.1) is 11.8 Å². The third-order valence-electron chi connectivity index (χ3n) is 1.63. The van der Waals surface area contributed by atoms with Gasteiger partial charge in [-0.05, 0) is 20.2 Å². The molecule has 0 spiro atoms. The molecule has 0 saturated heterocycles. The van der Waals surface area contributed by atoms with E-state index in [2.05, 4.69) is 0 Å². The van der Waals surface area contributed by atoms with E-state index in [1.807, 2.05) is 19.0 Å². The Morgan fingerprint density at radius 1 is 1.58 bits per heavy atom. The molecule has 0 N–H and O–H groups in total. The van der Waals surface area contributed by atoms with Crippen LogP contribution in [0.1, 0.15) is 16.8 Å². The van der Waals surface area contributed by atoms with Crippen LogP contribution in [-0.2, 0) is 0 Å². The standard InChI is InChI=1S/C9H13NO2/c1-10(2)5-3-9(11)8-4-6-12-7-8/h4,6-7H,3,5H2,1-2H3. The molecule has 3 heteroatoms. The smallest absolute Gasteiger partial charge is 0.167 e. The summed E-state index contributed by atoms with van der Waals surface area (Å²) in [4.78, 5) is 13.3. The molecule has 3 nitrogen and oxygen atoms in total. The minimum absolute atomic E-state index is 0.137. The highest BCUT2D eigenvalue weighted by atomic mass is 16.3. The zero-order chi connectivity index (χ0) is 8.97. The molecule has 0 atom stereocenters. The lowest BCUT2D eigenvalue weighted by Gasteiger charge is -2.06. The van der Waals surface area contributed by atoms with Gasteiger partial charge in [0.25, 0.3) is 0 Å². The molecule has 1 aromatic rings. The SMILES string of the molecule is CN(C)CCC(=O)c1ccoc1.